The van der Waals surface area contributed by atoms with Gasteiger partial charge >= 0.3 is 5.97 Å². The molecule has 0 aromatic carbocycles. The molecule has 134 valence electrons. The monoisotopic (exact) mass is 378 g/mol. The predicted molar refractivity (Wildman–Crippen MR) is 98.9 cm³/mol. The Bertz CT molecular complexity index is 706. The zero-order valence-electron chi connectivity index (χ0n) is 14.3. The summed E-state index contributed by atoms with van der Waals surface area (Å²) in [5.74, 6) is -0.291. The van der Waals surface area contributed by atoms with Crippen LogP contribution in [0.5, 0.6) is 0 Å². The Labute approximate surface area is 155 Å². The molecule has 2 aromatic heterocycles. The lowest BCUT2D eigenvalue weighted by Crippen LogP contribution is -2.41. The SMILES string of the molecule is COC(=O)c1csc(CN(C(=O)Cc2cccs2)C2CCCCC2)n1. The number of esters is 1. The zero-order valence-corrected chi connectivity index (χ0v) is 15.9. The number of methoxy groups -OCH3 is 1. The van der Waals surface area contributed by atoms with E-state index in [1.165, 1.54) is 37.7 Å². The van der Waals surface area contributed by atoms with E-state index >= 15 is 0 Å². The predicted octanol–water partition coefficient (Wildman–Crippen LogP) is 3.90. The summed E-state index contributed by atoms with van der Waals surface area (Å²) in [6.07, 6.45) is 6.10. The van der Waals surface area contributed by atoms with Crippen LogP contribution in [0.1, 0.15) is 52.5 Å². The summed E-state index contributed by atoms with van der Waals surface area (Å²) in [7, 11) is 1.35. The van der Waals surface area contributed by atoms with E-state index in [2.05, 4.69) is 4.98 Å². The first-order valence-electron chi connectivity index (χ1n) is 8.52. The maximum atomic E-state index is 12.9. The van der Waals surface area contributed by atoms with Crippen LogP contribution in [0.4, 0.5) is 0 Å². The second-order valence-corrected chi connectivity index (χ2v) is 8.16. The number of aromatic nitrogens is 1. The van der Waals surface area contributed by atoms with E-state index in [1.807, 2.05) is 22.4 Å². The molecule has 0 N–H and O–H groups in total. The molecule has 0 unspecified atom stereocenters. The average molecular weight is 379 g/mol. The van der Waals surface area contributed by atoms with Gasteiger partial charge < -0.3 is 9.64 Å². The van der Waals surface area contributed by atoms with Gasteiger partial charge in [0.25, 0.3) is 0 Å². The van der Waals surface area contributed by atoms with Gasteiger partial charge in [-0.05, 0) is 24.3 Å². The first-order chi connectivity index (χ1) is 12.2. The van der Waals surface area contributed by atoms with Gasteiger partial charge in [-0.3, -0.25) is 4.79 Å². The summed E-state index contributed by atoms with van der Waals surface area (Å²) in [5, 5.41) is 4.48. The Balaban J connectivity index is 1.74. The third kappa shape index (κ3) is 4.67. The number of amides is 1. The fourth-order valence-electron chi connectivity index (χ4n) is 3.20. The van der Waals surface area contributed by atoms with Gasteiger partial charge in [0.2, 0.25) is 5.91 Å². The van der Waals surface area contributed by atoms with Crippen LogP contribution in [-0.2, 0) is 22.5 Å². The van der Waals surface area contributed by atoms with Gasteiger partial charge in [-0.2, -0.15) is 0 Å². The molecule has 1 amide bonds. The molecule has 0 saturated heterocycles. The summed E-state index contributed by atoms with van der Waals surface area (Å²) in [6, 6.07) is 4.24. The van der Waals surface area contributed by atoms with Crippen molar-refractivity contribution in [1.82, 2.24) is 9.88 Å². The van der Waals surface area contributed by atoms with Crippen molar-refractivity contribution in [2.45, 2.75) is 51.1 Å². The minimum atomic E-state index is -0.434. The molecule has 2 aromatic rings. The molecule has 0 bridgehead atoms. The van der Waals surface area contributed by atoms with E-state index < -0.39 is 5.97 Å². The van der Waals surface area contributed by atoms with Crippen molar-refractivity contribution in [1.29, 1.82) is 0 Å². The van der Waals surface area contributed by atoms with E-state index in [9.17, 15) is 9.59 Å². The normalized spacial score (nSPS) is 15.1. The number of carbonyl (C=O) groups excluding carboxylic acids is 2. The van der Waals surface area contributed by atoms with Crippen molar-refractivity contribution < 1.29 is 14.3 Å². The molecule has 1 aliphatic rings. The molecule has 0 atom stereocenters. The van der Waals surface area contributed by atoms with Crippen molar-refractivity contribution in [3.8, 4) is 0 Å². The van der Waals surface area contributed by atoms with E-state index in [4.69, 9.17) is 4.74 Å². The fourth-order valence-corrected chi connectivity index (χ4v) is 4.66. The van der Waals surface area contributed by atoms with Crippen LogP contribution in [0.25, 0.3) is 0 Å². The highest BCUT2D eigenvalue weighted by atomic mass is 32.1. The molecule has 0 spiro atoms. The topological polar surface area (TPSA) is 59.5 Å². The molecular formula is C18H22N2O3S2. The van der Waals surface area contributed by atoms with Gasteiger partial charge in [0.1, 0.15) is 5.01 Å². The van der Waals surface area contributed by atoms with Gasteiger partial charge in [-0.25, -0.2) is 9.78 Å². The lowest BCUT2D eigenvalue weighted by Gasteiger charge is -2.34. The van der Waals surface area contributed by atoms with E-state index in [0.717, 1.165) is 22.7 Å². The van der Waals surface area contributed by atoms with E-state index in [-0.39, 0.29) is 11.9 Å². The molecule has 25 heavy (non-hydrogen) atoms. The Morgan fingerprint density at radius 2 is 2.08 bits per heavy atom. The minimum Gasteiger partial charge on any atom is -0.464 e. The summed E-state index contributed by atoms with van der Waals surface area (Å²) in [6.45, 7) is 0.469. The Hall–Kier alpha value is -1.73. The highest BCUT2D eigenvalue weighted by molar-refractivity contribution is 7.10. The lowest BCUT2D eigenvalue weighted by atomic mass is 9.94. The molecule has 0 aliphatic heterocycles. The van der Waals surface area contributed by atoms with Crippen LogP contribution in [0.2, 0.25) is 0 Å². The first-order valence-corrected chi connectivity index (χ1v) is 10.3. The number of carbonyl (C=O) groups is 2. The molecule has 5 nitrogen and oxygen atoms in total. The number of hydrogen-bond donors (Lipinski definition) is 0. The van der Waals surface area contributed by atoms with Crippen molar-refractivity contribution in [2.75, 3.05) is 7.11 Å². The fraction of sp³-hybridized carbons (Fsp3) is 0.500. The molecule has 2 heterocycles. The minimum absolute atomic E-state index is 0.143. The number of ether oxygens (including phenoxy) is 1. The van der Waals surface area contributed by atoms with Gasteiger partial charge in [-0.15, -0.1) is 22.7 Å². The average Bonchev–Trinajstić information content (AvgIpc) is 3.31. The summed E-state index contributed by atoms with van der Waals surface area (Å²) in [4.78, 5) is 31.9. The van der Waals surface area contributed by atoms with Gasteiger partial charge in [0.15, 0.2) is 5.69 Å². The van der Waals surface area contributed by atoms with Crippen molar-refractivity contribution in [2.24, 2.45) is 0 Å². The summed E-state index contributed by atoms with van der Waals surface area (Å²) >= 11 is 3.02. The number of thiazole rings is 1. The number of nitrogens with zero attached hydrogens (tertiary/aromatic N) is 2. The van der Waals surface area contributed by atoms with Crippen molar-refractivity contribution in [3.05, 3.63) is 38.5 Å². The van der Waals surface area contributed by atoms with E-state index in [0.29, 0.717) is 18.7 Å². The number of rotatable bonds is 6. The largest absolute Gasteiger partial charge is 0.464 e. The molecule has 0 radical (unpaired) electrons. The van der Waals surface area contributed by atoms with E-state index in [1.54, 1.807) is 16.7 Å². The third-order valence-electron chi connectivity index (χ3n) is 4.49. The van der Waals surface area contributed by atoms with Crippen LogP contribution in [-0.4, -0.2) is 34.9 Å². The highest BCUT2D eigenvalue weighted by Crippen LogP contribution is 2.26. The Morgan fingerprint density at radius 3 is 2.76 bits per heavy atom. The molecule has 1 aliphatic carbocycles. The smallest absolute Gasteiger partial charge is 0.357 e. The van der Waals surface area contributed by atoms with Gasteiger partial charge in [-0.1, -0.05) is 25.3 Å². The van der Waals surface area contributed by atoms with Crippen LogP contribution in [0.15, 0.2) is 22.9 Å². The maximum Gasteiger partial charge on any atom is 0.357 e. The number of thiophene rings is 1. The summed E-state index contributed by atoms with van der Waals surface area (Å²) in [5.41, 5.74) is 0.316. The van der Waals surface area contributed by atoms with Gasteiger partial charge in [0.05, 0.1) is 20.1 Å². The van der Waals surface area contributed by atoms with Crippen LogP contribution in [0, 0.1) is 0 Å². The first kappa shape index (κ1) is 18.1. The van der Waals surface area contributed by atoms with Crippen molar-refractivity contribution >= 4 is 34.6 Å². The highest BCUT2D eigenvalue weighted by Gasteiger charge is 2.27. The number of hydrogen-bond acceptors (Lipinski definition) is 6. The second kappa shape index (κ2) is 8.58. The van der Waals surface area contributed by atoms with Crippen LogP contribution >= 0.6 is 22.7 Å². The third-order valence-corrected chi connectivity index (χ3v) is 6.20. The molecular weight excluding hydrogens is 356 g/mol. The molecule has 7 heteroatoms. The molecule has 3 rings (SSSR count). The van der Waals surface area contributed by atoms with Gasteiger partial charge in [0, 0.05) is 16.3 Å². The Kier molecular flexibility index (Phi) is 6.20. The summed E-state index contributed by atoms with van der Waals surface area (Å²) < 4.78 is 4.71. The zero-order chi connectivity index (χ0) is 17.6. The lowest BCUT2D eigenvalue weighted by molar-refractivity contribution is -0.134. The Morgan fingerprint density at radius 1 is 1.28 bits per heavy atom. The molecule has 1 fully saturated rings. The maximum absolute atomic E-state index is 12.9. The standard InChI is InChI=1S/C18H22N2O3S2/c1-23-18(22)15-12-25-16(19-15)11-20(13-6-3-2-4-7-13)17(21)10-14-8-5-9-24-14/h5,8-9,12-13H,2-4,6-7,10-11H2,1H3. The second-order valence-electron chi connectivity index (χ2n) is 6.19. The quantitative estimate of drug-likeness (QED) is 0.716. The van der Waals surface area contributed by atoms with Crippen molar-refractivity contribution in [3.63, 3.8) is 0 Å². The van der Waals surface area contributed by atoms with Crippen LogP contribution < -0.4 is 0 Å². The van der Waals surface area contributed by atoms with Crippen LogP contribution in [0.3, 0.4) is 0 Å². The molecule has 1 saturated carbocycles.